The Morgan fingerprint density at radius 2 is 1.88 bits per heavy atom. The van der Waals surface area contributed by atoms with Gasteiger partial charge in [0.1, 0.15) is 0 Å². The van der Waals surface area contributed by atoms with Crippen LogP contribution >= 0.6 is 23.2 Å². The Labute approximate surface area is 195 Å². The van der Waals surface area contributed by atoms with Crippen LogP contribution in [0.2, 0.25) is 10.0 Å². The molecule has 2 aliphatic heterocycles. The molecule has 3 aliphatic rings. The summed E-state index contributed by atoms with van der Waals surface area (Å²) >= 11 is 12.6. The molecule has 0 unspecified atom stereocenters. The van der Waals surface area contributed by atoms with Crippen LogP contribution in [0.15, 0.2) is 42.5 Å². The van der Waals surface area contributed by atoms with Crippen molar-refractivity contribution in [2.75, 3.05) is 11.4 Å². The molecule has 2 aromatic rings. The number of carbonyl (C=O) groups is 3. The normalized spacial score (nSPS) is 26.9. The van der Waals surface area contributed by atoms with Gasteiger partial charge in [-0.15, -0.1) is 0 Å². The SMILES string of the molecule is O=C(O)C[C@H]1C[C@H](c2cccc(Cl)c2)[C@@]2(NC1=O)C(=O)N(CC1CC1)c1cc(Cl)ccc12. The Balaban J connectivity index is 1.68. The van der Waals surface area contributed by atoms with Crippen LogP contribution in [-0.4, -0.2) is 29.4 Å². The molecule has 166 valence electrons. The summed E-state index contributed by atoms with van der Waals surface area (Å²) in [7, 11) is 0. The highest BCUT2D eigenvalue weighted by atomic mass is 35.5. The summed E-state index contributed by atoms with van der Waals surface area (Å²) in [6.07, 6.45) is 2.06. The first-order valence-electron chi connectivity index (χ1n) is 10.7. The Bertz CT molecular complexity index is 1130. The lowest BCUT2D eigenvalue weighted by atomic mass is 9.67. The number of anilines is 1. The van der Waals surface area contributed by atoms with Crippen molar-refractivity contribution < 1.29 is 19.5 Å². The first kappa shape index (κ1) is 21.3. The molecule has 2 aromatic carbocycles. The maximum absolute atomic E-state index is 14.1. The van der Waals surface area contributed by atoms with Gasteiger partial charge < -0.3 is 15.3 Å². The van der Waals surface area contributed by atoms with E-state index in [-0.39, 0.29) is 18.7 Å². The fraction of sp³-hybridized carbons (Fsp3) is 0.375. The molecule has 0 radical (unpaired) electrons. The molecule has 1 aliphatic carbocycles. The minimum atomic E-state index is -1.33. The van der Waals surface area contributed by atoms with Crippen LogP contribution < -0.4 is 10.2 Å². The third-order valence-electron chi connectivity index (χ3n) is 6.80. The zero-order valence-corrected chi connectivity index (χ0v) is 18.7. The van der Waals surface area contributed by atoms with Gasteiger partial charge in [-0.05, 0) is 55.0 Å². The number of halogens is 2. The van der Waals surface area contributed by atoms with Crippen molar-refractivity contribution in [1.29, 1.82) is 0 Å². The molecule has 2 heterocycles. The molecule has 2 fully saturated rings. The average Bonchev–Trinajstić information content (AvgIpc) is 3.53. The first-order valence-corrected chi connectivity index (χ1v) is 11.5. The van der Waals surface area contributed by atoms with E-state index in [4.69, 9.17) is 23.2 Å². The van der Waals surface area contributed by atoms with Gasteiger partial charge in [-0.1, -0.05) is 41.4 Å². The van der Waals surface area contributed by atoms with Crippen LogP contribution in [0.4, 0.5) is 5.69 Å². The average molecular weight is 473 g/mol. The van der Waals surface area contributed by atoms with Crippen molar-refractivity contribution in [1.82, 2.24) is 5.32 Å². The van der Waals surface area contributed by atoms with E-state index in [1.165, 1.54) is 0 Å². The van der Waals surface area contributed by atoms with E-state index in [9.17, 15) is 19.5 Å². The van der Waals surface area contributed by atoms with Crippen molar-refractivity contribution >= 4 is 46.7 Å². The number of piperidine rings is 1. The lowest BCUT2D eigenvalue weighted by Gasteiger charge is -2.44. The minimum absolute atomic E-state index is 0.200. The quantitative estimate of drug-likeness (QED) is 0.677. The summed E-state index contributed by atoms with van der Waals surface area (Å²) in [5.74, 6) is -2.46. The van der Waals surface area contributed by atoms with E-state index in [1.807, 2.05) is 6.07 Å². The molecule has 3 atom stereocenters. The second-order valence-corrected chi connectivity index (χ2v) is 9.83. The van der Waals surface area contributed by atoms with E-state index >= 15 is 0 Å². The van der Waals surface area contributed by atoms with Gasteiger partial charge in [0, 0.05) is 34.0 Å². The van der Waals surface area contributed by atoms with Gasteiger partial charge in [0.15, 0.2) is 5.54 Å². The molecule has 32 heavy (non-hydrogen) atoms. The molecule has 0 aromatic heterocycles. The Morgan fingerprint density at radius 3 is 2.56 bits per heavy atom. The highest BCUT2D eigenvalue weighted by Gasteiger charge is 2.60. The molecule has 1 saturated carbocycles. The van der Waals surface area contributed by atoms with Crippen LogP contribution in [0.5, 0.6) is 0 Å². The number of hydrogen-bond donors (Lipinski definition) is 2. The second kappa shape index (κ2) is 7.78. The Morgan fingerprint density at radius 1 is 1.12 bits per heavy atom. The number of hydrogen-bond acceptors (Lipinski definition) is 3. The van der Waals surface area contributed by atoms with E-state index in [1.54, 1.807) is 41.3 Å². The molecule has 5 rings (SSSR count). The molecule has 1 saturated heterocycles. The zero-order chi connectivity index (χ0) is 22.6. The van der Waals surface area contributed by atoms with Crippen molar-refractivity contribution in [3.05, 3.63) is 63.6 Å². The summed E-state index contributed by atoms with van der Waals surface area (Å²) in [6, 6.07) is 12.5. The van der Waals surface area contributed by atoms with Gasteiger partial charge >= 0.3 is 5.97 Å². The molecule has 1 spiro atoms. The number of amides is 2. The predicted molar refractivity (Wildman–Crippen MR) is 121 cm³/mol. The third kappa shape index (κ3) is 3.46. The van der Waals surface area contributed by atoms with Gasteiger partial charge in [0.05, 0.1) is 12.1 Å². The number of nitrogens with one attached hydrogen (secondary N) is 1. The van der Waals surface area contributed by atoms with Gasteiger partial charge in [-0.3, -0.25) is 14.4 Å². The van der Waals surface area contributed by atoms with E-state index in [0.717, 1.165) is 18.4 Å². The third-order valence-corrected chi connectivity index (χ3v) is 7.27. The van der Waals surface area contributed by atoms with Crippen molar-refractivity contribution in [3.63, 3.8) is 0 Å². The van der Waals surface area contributed by atoms with Crippen molar-refractivity contribution in [3.8, 4) is 0 Å². The number of carboxylic acid groups (broad SMARTS) is 1. The Hall–Kier alpha value is -2.57. The fourth-order valence-corrected chi connectivity index (χ4v) is 5.51. The van der Waals surface area contributed by atoms with Crippen LogP contribution in [-0.2, 0) is 19.9 Å². The van der Waals surface area contributed by atoms with E-state index in [0.29, 0.717) is 33.8 Å². The second-order valence-electron chi connectivity index (χ2n) is 8.96. The number of nitrogens with zero attached hydrogens (tertiary/aromatic N) is 1. The smallest absolute Gasteiger partial charge is 0.304 e. The number of fused-ring (bicyclic) bond motifs is 2. The molecule has 8 heteroatoms. The lowest BCUT2D eigenvalue weighted by molar-refractivity contribution is -0.145. The summed E-state index contributed by atoms with van der Waals surface area (Å²) in [5.41, 5.74) is 0.861. The first-order chi connectivity index (χ1) is 15.3. The van der Waals surface area contributed by atoms with E-state index < -0.39 is 29.3 Å². The maximum Gasteiger partial charge on any atom is 0.304 e. The number of carboxylic acids is 1. The maximum atomic E-state index is 14.1. The van der Waals surface area contributed by atoms with Crippen LogP contribution in [0.25, 0.3) is 0 Å². The largest absolute Gasteiger partial charge is 0.481 e. The monoisotopic (exact) mass is 472 g/mol. The molecule has 6 nitrogen and oxygen atoms in total. The van der Waals surface area contributed by atoms with Gasteiger partial charge in [0.2, 0.25) is 5.91 Å². The van der Waals surface area contributed by atoms with Crippen LogP contribution in [0, 0.1) is 11.8 Å². The number of benzene rings is 2. The molecule has 2 N–H and O–H groups in total. The number of carbonyl (C=O) groups excluding carboxylic acids is 2. The molecule has 0 bridgehead atoms. The predicted octanol–water partition coefficient (Wildman–Crippen LogP) is 4.34. The molecular formula is C24H22Cl2N2O4. The number of rotatable bonds is 5. The van der Waals surface area contributed by atoms with Gasteiger partial charge in [-0.2, -0.15) is 0 Å². The van der Waals surface area contributed by atoms with Crippen LogP contribution in [0.3, 0.4) is 0 Å². The highest BCUT2D eigenvalue weighted by molar-refractivity contribution is 6.31. The summed E-state index contributed by atoms with van der Waals surface area (Å²) in [6.45, 7) is 0.574. The lowest BCUT2D eigenvalue weighted by Crippen LogP contribution is -2.61. The summed E-state index contributed by atoms with van der Waals surface area (Å²) < 4.78 is 0. The molecule has 2 amide bonds. The standard InChI is InChI=1S/C24H22Cl2N2O4/c25-16-3-1-2-14(8-16)19-9-15(10-21(29)30)22(31)27-24(19)18-7-6-17(26)11-20(18)28(23(24)32)12-13-4-5-13/h1-3,6-8,11,13,15,19H,4-5,9-10,12H2,(H,27,31)(H,29,30)/t15-,19-,24-/m1/s1. The fourth-order valence-electron chi connectivity index (χ4n) is 5.14. The van der Waals surface area contributed by atoms with Crippen LogP contribution in [0.1, 0.15) is 42.7 Å². The van der Waals surface area contributed by atoms with E-state index in [2.05, 4.69) is 5.32 Å². The van der Waals surface area contributed by atoms with Crippen molar-refractivity contribution in [2.45, 2.75) is 37.1 Å². The minimum Gasteiger partial charge on any atom is -0.481 e. The molecular weight excluding hydrogens is 451 g/mol. The zero-order valence-electron chi connectivity index (χ0n) is 17.2. The Kier molecular flexibility index (Phi) is 5.18. The van der Waals surface area contributed by atoms with Gasteiger partial charge in [-0.25, -0.2) is 0 Å². The number of aliphatic carboxylic acids is 1. The van der Waals surface area contributed by atoms with Gasteiger partial charge in [0.25, 0.3) is 5.91 Å². The summed E-state index contributed by atoms with van der Waals surface area (Å²) in [5, 5.41) is 13.4. The summed E-state index contributed by atoms with van der Waals surface area (Å²) in [4.78, 5) is 40.3. The van der Waals surface area contributed by atoms with Crippen molar-refractivity contribution in [2.24, 2.45) is 11.8 Å². The highest BCUT2D eigenvalue weighted by Crippen LogP contribution is 2.54. The topological polar surface area (TPSA) is 86.7 Å².